The lowest BCUT2D eigenvalue weighted by atomic mass is 9.99. The zero-order valence-electron chi connectivity index (χ0n) is 12.8. The Balaban J connectivity index is 2.89. The average molecular weight is 280 g/mol. The molecule has 0 saturated carbocycles. The molecule has 5 nitrogen and oxygen atoms in total. The molecule has 3 N–H and O–H groups in total. The first-order chi connectivity index (χ1) is 9.29. The maximum atomic E-state index is 11.2. The summed E-state index contributed by atoms with van der Waals surface area (Å²) in [6, 6.07) is 5.24. The summed E-state index contributed by atoms with van der Waals surface area (Å²) in [4.78, 5) is 11.2. The highest BCUT2D eigenvalue weighted by atomic mass is 16.5. The number of hydrogen-bond donors (Lipinski definition) is 2. The number of hydrogen-bond acceptors (Lipinski definition) is 4. The number of primary amides is 1. The standard InChI is InChI=1S/C15H24N2O3/c1-10(9-15(2,3)20-5)17-12-8-11(14(16)18)6-7-13(12)19-4/h6-8,10,17H,9H2,1-5H3,(H2,16,18). The Morgan fingerprint density at radius 3 is 2.55 bits per heavy atom. The lowest BCUT2D eigenvalue weighted by molar-refractivity contribution is 0.0128. The summed E-state index contributed by atoms with van der Waals surface area (Å²) in [5, 5.41) is 3.33. The number of rotatable bonds is 7. The van der Waals surface area contributed by atoms with Gasteiger partial charge in [0.25, 0.3) is 0 Å². The van der Waals surface area contributed by atoms with E-state index >= 15 is 0 Å². The molecule has 112 valence electrons. The summed E-state index contributed by atoms with van der Waals surface area (Å²) in [7, 11) is 3.29. The van der Waals surface area contributed by atoms with Gasteiger partial charge < -0.3 is 20.5 Å². The van der Waals surface area contributed by atoms with Crippen LogP contribution in [-0.4, -0.2) is 31.8 Å². The highest BCUT2D eigenvalue weighted by Gasteiger charge is 2.21. The third-order valence-corrected chi connectivity index (χ3v) is 3.24. The fourth-order valence-corrected chi connectivity index (χ4v) is 2.11. The molecule has 0 saturated heterocycles. The van der Waals surface area contributed by atoms with E-state index in [0.29, 0.717) is 11.3 Å². The quantitative estimate of drug-likeness (QED) is 0.804. The number of amides is 1. The Kier molecular flexibility index (Phi) is 5.39. The Hall–Kier alpha value is -1.75. The van der Waals surface area contributed by atoms with Crippen LogP contribution in [-0.2, 0) is 4.74 Å². The second-order valence-corrected chi connectivity index (χ2v) is 5.49. The fraction of sp³-hybridized carbons (Fsp3) is 0.533. The van der Waals surface area contributed by atoms with E-state index in [0.717, 1.165) is 12.1 Å². The molecule has 1 rings (SSSR count). The highest BCUT2D eigenvalue weighted by molar-refractivity contribution is 5.94. The van der Waals surface area contributed by atoms with Crippen molar-refractivity contribution in [3.05, 3.63) is 23.8 Å². The molecular weight excluding hydrogens is 256 g/mol. The average Bonchev–Trinajstić information content (AvgIpc) is 2.37. The van der Waals surface area contributed by atoms with E-state index in [4.69, 9.17) is 15.2 Å². The lowest BCUT2D eigenvalue weighted by Gasteiger charge is -2.28. The van der Waals surface area contributed by atoms with E-state index in [9.17, 15) is 4.79 Å². The van der Waals surface area contributed by atoms with Gasteiger partial charge in [-0.3, -0.25) is 4.79 Å². The molecule has 1 atom stereocenters. The molecule has 0 aliphatic heterocycles. The van der Waals surface area contributed by atoms with Crippen molar-refractivity contribution in [2.24, 2.45) is 5.73 Å². The summed E-state index contributed by atoms with van der Waals surface area (Å²) in [5.41, 5.74) is 6.28. The summed E-state index contributed by atoms with van der Waals surface area (Å²) in [6.07, 6.45) is 0.813. The Morgan fingerprint density at radius 2 is 2.05 bits per heavy atom. The van der Waals surface area contributed by atoms with Crippen LogP contribution in [0.15, 0.2) is 18.2 Å². The van der Waals surface area contributed by atoms with Crippen molar-refractivity contribution in [2.45, 2.75) is 38.8 Å². The van der Waals surface area contributed by atoms with Crippen LogP contribution in [0.4, 0.5) is 5.69 Å². The number of carbonyl (C=O) groups is 1. The third-order valence-electron chi connectivity index (χ3n) is 3.24. The molecule has 1 aromatic rings. The number of ether oxygens (including phenoxy) is 2. The topological polar surface area (TPSA) is 73.6 Å². The van der Waals surface area contributed by atoms with Gasteiger partial charge in [-0.1, -0.05) is 0 Å². The van der Waals surface area contributed by atoms with E-state index in [1.54, 1.807) is 32.4 Å². The molecule has 0 heterocycles. The molecular formula is C15H24N2O3. The highest BCUT2D eigenvalue weighted by Crippen LogP contribution is 2.27. The third kappa shape index (κ3) is 4.42. The monoisotopic (exact) mass is 280 g/mol. The van der Waals surface area contributed by atoms with E-state index in [1.165, 1.54) is 0 Å². The molecule has 1 aromatic carbocycles. The van der Waals surface area contributed by atoms with Crippen molar-refractivity contribution in [3.8, 4) is 5.75 Å². The van der Waals surface area contributed by atoms with Gasteiger partial charge >= 0.3 is 0 Å². The van der Waals surface area contributed by atoms with Crippen LogP contribution in [0.3, 0.4) is 0 Å². The molecule has 1 unspecified atom stereocenters. The number of nitrogens with two attached hydrogens (primary N) is 1. The number of anilines is 1. The largest absolute Gasteiger partial charge is 0.495 e. The minimum atomic E-state index is -0.458. The smallest absolute Gasteiger partial charge is 0.248 e. The molecule has 20 heavy (non-hydrogen) atoms. The Bertz CT molecular complexity index is 472. The van der Waals surface area contributed by atoms with Crippen LogP contribution in [0, 0.1) is 0 Å². The van der Waals surface area contributed by atoms with Gasteiger partial charge in [0.15, 0.2) is 0 Å². The van der Waals surface area contributed by atoms with Gasteiger partial charge in [-0.25, -0.2) is 0 Å². The molecule has 0 fully saturated rings. The van der Waals surface area contributed by atoms with Crippen molar-refractivity contribution in [1.82, 2.24) is 0 Å². The first kappa shape index (κ1) is 16.3. The summed E-state index contributed by atoms with van der Waals surface area (Å²) < 4.78 is 10.7. The second-order valence-electron chi connectivity index (χ2n) is 5.49. The maximum Gasteiger partial charge on any atom is 0.248 e. The number of nitrogens with one attached hydrogen (secondary N) is 1. The SMILES string of the molecule is COc1ccc(C(N)=O)cc1NC(C)CC(C)(C)OC. The molecule has 5 heteroatoms. The van der Waals surface area contributed by atoms with E-state index in [2.05, 4.69) is 12.2 Å². The van der Waals surface area contributed by atoms with Gasteiger partial charge in [-0.05, 0) is 45.4 Å². The van der Waals surface area contributed by atoms with Crippen molar-refractivity contribution < 1.29 is 14.3 Å². The number of benzene rings is 1. The lowest BCUT2D eigenvalue weighted by Crippen LogP contribution is -2.31. The minimum absolute atomic E-state index is 0.155. The first-order valence-electron chi connectivity index (χ1n) is 6.58. The zero-order chi connectivity index (χ0) is 15.3. The van der Waals surface area contributed by atoms with Crippen LogP contribution in [0.25, 0.3) is 0 Å². The van der Waals surface area contributed by atoms with Gasteiger partial charge in [-0.15, -0.1) is 0 Å². The molecule has 0 aliphatic carbocycles. The van der Waals surface area contributed by atoms with E-state index < -0.39 is 5.91 Å². The molecule has 0 spiro atoms. The van der Waals surface area contributed by atoms with Crippen LogP contribution in [0.5, 0.6) is 5.75 Å². The van der Waals surface area contributed by atoms with Crippen LogP contribution in [0.1, 0.15) is 37.6 Å². The minimum Gasteiger partial charge on any atom is -0.495 e. The molecule has 0 aliphatic rings. The molecule has 0 bridgehead atoms. The van der Waals surface area contributed by atoms with Crippen molar-refractivity contribution in [2.75, 3.05) is 19.5 Å². The Labute approximate surface area is 120 Å². The van der Waals surface area contributed by atoms with Gasteiger partial charge in [0.05, 0.1) is 18.4 Å². The Morgan fingerprint density at radius 1 is 1.40 bits per heavy atom. The van der Waals surface area contributed by atoms with Crippen molar-refractivity contribution in [1.29, 1.82) is 0 Å². The summed E-state index contributed by atoms with van der Waals surface area (Å²) in [6.45, 7) is 6.11. The normalized spacial score (nSPS) is 12.8. The molecule has 0 aromatic heterocycles. The van der Waals surface area contributed by atoms with E-state index in [1.807, 2.05) is 13.8 Å². The zero-order valence-corrected chi connectivity index (χ0v) is 12.8. The second kappa shape index (κ2) is 6.61. The molecule has 0 radical (unpaired) electrons. The summed E-state index contributed by atoms with van der Waals surface area (Å²) >= 11 is 0. The van der Waals surface area contributed by atoms with Gasteiger partial charge in [-0.2, -0.15) is 0 Å². The fourth-order valence-electron chi connectivity index (χ4n) is 2.11. The predicted octanol–water partition coefficient (Wildman–Crippen LogP) is 2.41. The van der Waals surface area contributed by atoms with Crippen LogP contribution in [0.2, 0.25) is 0 Å². The molecule has 1 amide bonds. The first-order valence-corrected chi connectivity index (χ1v) is 6.58. The van der Waals surface area contributed by atoms with Crippen molar-refractivity contribution in [3.63, 3.8) is 0 Å². The predicted molar refractivity (Wildman–Crippen MR) is 80.3 cm³/mol. The van der Waals surface area contributed by atoms with Gasteiger partial charge in [0.1, 0.15) is 5.75 Å². The number of methoxy groups -OCH3 is 2. The van der Waals surface area contributed by atoms with Gasteiger partial charge in [0.2, 0.25) is 5.91 Å². The maximum absolute atomic E-state index is 11.2. The van der Waals surface area contributed by atoms with Crippen LogP contribution < -0.4 is 15.8 Å². The van der Waals surface area contributed by atoms with Gasteiger partial charge in [0, 0.05) is 18.7 Å². The van der Waals surface area contributed by atoms with E-state index in [-0.39, 0.29) is 11.6 Å². The summed E-state index contributed by atoms with van der Waals surface area (Å²) in [5.74, 6) is 0.220. The van der Waals surface area contributed by atoms with Crippen LogP contribution >= 0.6 is 0 Å². The van der Waals surface area contributed by atoms with Crippen molar-refractivity contribution >= 4 is 11.6 Å². The number of carbonyl (C=O) groups excluding carboxylic acids is 1.